The first-order chi connectivity index (χ1) is 16.2. The smallest absolute Gasteiger partial charge is 0.493 e. The number of hydrogen-bond acceptors (Lipinski definition) is 7. The Hall–Kier alpha value is -3.35. The van der Waals surface area contributed by atoms with E-state index < -0.39 is 20.9 Å². The zero-order valence-corrected chi connectivity index (χ0v) is 20.2. The molecule has 1 atom stereocenters. The number of aromatic nitrogens is 1. The van der Waals surface area contributed by atoms with E-state index in [9.17, 15) is 26.4 Å². The van der Waals surface area contributed by atoms with Gasteiger partial charge in [0.05, 0.1) is 18.6 Å². The number of benzene rings is 1. The van der Waals surface area contributed by atoms with E-state index in [1.165, 1.54) is 26.0 Å². The fourth-order valence-corrected chi connectivity index (χ4v) is 4.71. The molecular formula is C22H27F3N4O5S. The Balaban J connectivity index is 0.000000303. The first kappa shape index (κ1) is 27.9. The van der Waals surface area contributed by atoms with Crippen LogP contribution in [0.25, 0.3) is 0 Å². The Morgan fingerprint density at radius 3 is 2.54 bits per heavy atom. The van der Waals surface area contributed by atoms with Crippen LogP contribution in [0.1, 0.15) is 37.4 Å². The lowest BCUT2D eigenvalue weighted by Crippen LogP contribution is -2.47. The topological polar surface area (TPSA) is 144 Å². The molecule has 1 aromatic heterocycles. The summed E-state index contributed by atoms with van der Waals surface area (Å²) in [5.74, 6) is -0.445. The molecule has 0 aliphatic carbocycles. The molecule has 1 unspecified atom stereocenters. The van der Waals surface area contributed by atoms with Gasteiger partial charge in [0.2, 0.25) is 6.41 Å². The van der Waals surface area contributed by atoms with Gasteiger partial charge in [-0.3, -0.25) is 15.2 Å². The number of sulfone groups is 1. The molecule has 35 heavy (non-hydrogen) atoms. The molecule has 1 aromatic carbocycles. The predicted molar refractivity (Wildman–Crippen MR) is 124 cm³/mol. The van der Waals surface area contributed by atoms with E-state index in [1.807, 2.05) is 0 Å². The monoisotopic (exact) mass is 516 g/mol. The molecule has 2 aromatic rings. The molecule has 0 fully saturated rings. The largest absolute Gasteiger partial charge is 0.573 e. The summed E-state index contributed by atoms with van der Waals surface area (Å²) < 4.78 is 67.8. The average molecular weight is 517 g/mol. The van der Waals surface area contributed by atoms with E-state index in [0.29, 0.717) is 36.6 Å². The van der Waals surface area contributed by atoms with Gasteiger partial charge >= 0.3 is 6.36 Å². The number of ether oxygens (including phenoxy) is 2. The first-order valence-electron chi connectivity index (χ1n) is 10.4. The highest BCUT2D eigenvalue weighted by atomic mass is 32.2. The summed E-state index contributed by atoms with van der Waals surface area (Å²) in [6.07, 6.45) is -2.50. The first-order valence-corrected chi connectivity index (χ1v) is 12.0. The summed E-state index contributed by atoms with van der Waals surface area (Å²) in [5, 5.41) is 10.1. The Bertz CT molecular complexity index is 1150. The molecule has 9 nitrogen and oxygen atoms in total. The summed E-state index contributed by atoms with van der Waals surface area (Å²) in [5.41, 5.74) is 7.42. The summed E-state index contributed by atoms with van der Waals surface area (Å²) >= 11 is 0. The molecule has 13 heteroatoms. The van der Waals surface area contributed by atoms with Gasteiger partial charge in [-0.25, -0.2) is 8.42 Å². The van der Waals surface area contributed by atoms with Gasteiger partial charge in [0, 0.05) is 22.9 Å². The number of fused-ring (bicyclic) bond motifs is 1. The number of nitrogens with one attached hydrogen (secondary N) is 2. The third kappa shape index (κ3) is 7.57. The molecule has 192 valence electrons. The molecular weight excluding hydrogens is 489 g/mol. The lowest BCUT2D eigenvalue weighted by atomic mass is 9.94. The molecule has 0 radical (unpaired) electrons. The molecule has 0 bridgehead atoms. The lowest BCUT2D eigenvalue weighted by Gasteiger charge is -2.30. The Morgan fingerprint density at radius 1 is 1.31 bits per heavy atom. The SMILES string of the molecule is CC(C)(C(=N)N)S(=O)(=O)CC1CCOc2ccc(NC=O)cc21.Cc1ccc(OC(F)(F)F)cn1. The highest BCUT2D eigenvalue weighted by molar-refractivity contribution is 7.93. The molecule has 0 saturated heterocycles. The Kier molecular flexibility index (Phi) is 8.71. The quantitative estimate of drug-likeness (QED) is 0.290. The van der Waals surface area contributed by atoms with Gasteiger partial charge in [-0.15, -0.1) is 13.2 Å². The number of anilines is 1. The molecule has 2 heterocycles. The van der Waals surface area contributed by atoms with Gasteiger partial charge in [-0.2, -0.15) is 0 Å². The fourth-order valence-electron chi connectivity index (χ4n) is 3.09. The van der Waals surface area contributed by atoms with E-state index in [1.54, 1.807) is 25.1 Å². The maximum absolute atomic E-state index is 12.6. The minimum atomic E-state index is -4.64. The zero-order chi connectivity index (χ0) is 26.4. The molecule has 3 rings (SSSR count). The van der Waals surface area contributed by atoms with Crippen LogP contribution in [0.2, 0.25) is 0 Å². The number of pyridine rings is 1. The van der Waals surface area contributed by atoms with Crippen LogP contribution in [0.3, 0.4) is 0 Å². The minimum Gasteiger partial charge on any atom is -0.493 e. The van der Waals surface area contributed by atoms with Crippen LogP contribution >= 0.6 is 0 Å². The van der Waals surface area contributed by atoms with E-state index >= 15 is 0 Å². The van der Waals surface area contributed by atoms with Gasteiger partial charge in [-0.05, 0) is 57.5 Å². The van der Waals surface area contributed by atoms with Gasteiger partial charge in [0.25, 0.3) is 0 Å². The molecule has 0 spiro atoms. The number of carbonyl (C=O) groups is 1. The summed E-state index contributed by atoms with van der Waals surface area (Å²) in [6, 6.07) is 7.81. The van der Waals surface area contributed by atoms with Crippen LogP contribution in [0.15, 0.2) is 36.5 Å². The molecule has 1 aliphatic heterocycles. The van der Waals surface area contributed by atoms with Gasteiger partial charge < -0.3 is 20.5 Å². The van der Waals surface area contributed by atoms with Crippen LogP contribution in [0, 0.1) is 12.3 Å². The van der Waals surface area contributed by atoms with Crippen molar-refractivity contribution >= 4 is 27.8 Å². The number of hydrogen-bond donors (Lipinski definition) is 3. The highest BCUT2D eigenvalue weighted by Crippen LogP contribution is 2.37. The van der Waals surface area contributed by atoms with Crippen LogP contribution < -0.4 is 20.5 Å². The van der Waals surface area contributed by atoms with Crippen molar-refractivity contribution in [1.82, 2.24) is 4.98 Å². The highest BCUT2D eigenvalue weighted by Gasteiger charge is 2.40. The van der Waals surface area contributed by atoms with Crippen molar-refractivity contribution in [1.29, 1.82) is 5.41 Å². The van der Waals surface area contributed by atoms with E-state index in [4.69, 9.17) is 15.9 Å². The Labute approximate surface area is 201 Å². The van der Waals surface area contributed by atoms with Crippen LogP contribution in [0.4, 0.5) is 18.9 Å². The van der Waals surface area contributed by atoms with E-state index in [0.717, 1.165) is 11.8 Å². The van der Waals surface area contributed by atoms with Gasteiger partial charge in [0.1, 0.15) is 22.1 Å². The minimum absolute atomic E-state index is 0.125. The molecule has 4 N–H and O–H groups in total. The van der Waals surface area contributed by atoms with E-state index in [2.05, 4.69) is 15.0 Å². The molecule has 0 saturated carbocycles. The normalized spacial score (nSPS) is 15.5. The van der Waals surface area contributed by atoms with Crippen molar-refractivity contribution < 1.29 is 35.9 Å². The van der Waals surface area contributed by atoms with Crippen molar-refractivity contribution in [2.75, 3.05) is 17.7 Å². The van der Waals surface area contributed by atoms with Crippen molar-refractivity contribution in [2.45, 2.75) is 44.2 Å². The van der Waals surface area contributed by atoms with Crippen molar-refractivity contribution in [3.05, 3.63) is 47.8 Å². The van der Waals surface area contributed by atoms with Crippen LogP contribution in [-0.4, -0.2) is 49.1 Å². The number of halogens is 3. The number of aryl methyl sites for hydroxylation is 1. The zero-order valence-electron chi connectivity index (χ0n) is 19.3. The van der Waals surface area contributed by atoms with Gasteiger partial charge in [-0.1, -0.05) is 0 Å². The number of alkyl halides is 3. The maximum Gasteiger partial charge on any atom is 0.573 e. The number of amidine groups is 1. The summed E-state index contributed by atoms with van der Waals surface area (Å²) in [6.45, 7) is 4.98. The van der Waals surface area contributed by atoms with Crippen LogP contribution in [0.5, 0.6) is 11.5 Å². The number of rotatable bonds is 7. The fraction of sp³-hybridized carbons (Fsp3) is 0.409. The second-order valence-corrected chi connectivity index (χ2v) is 10.8. The summed E-state index contributed by atoms with van der Waals surface area (Å²) in [7, 11) is -3.62. The molecule has 1 aliphatic rings. The predicted octanol–water partition coefficient (Wildman–Crippen LogP) is 3.54. The average Bonchev–Trinajstić information content (AvgIpc) is 2.75. The number of nitrogens with zero attached hydrogens (tertiary/aromatic N) is 1. The van der Waals surface area contributed by atoms with Crippen LogP contribution in [-0.2, 0) is 14.6 Å². The Morgan fingerprint density at radius 2 is 2.00 bits per heavy atom. The standard InChI is InChI=1S/C15H21N3O4S.C7H6F3NO/c1-15(2,14(16)17)23(20,21)8-10-5-6-22-13-4-3-11(18-9-19)7-12(10)13;1-5-2-3-6(4-11-5)12-7(8,9)10/h3-4,7,9-10H,5-6,8H2,1-2H3,(H3,16,17)(H,18,19);2-4H,1H3. The maximum atomic E-state index is 12.6. The van der Waals surface area contributed by atoms with Gasteiger partial charge in [0.15, 0.2) is 9.84 Å². The van der Waals surface area contributed by atoms with Crippen molar-refractivity contribution in [3.8, 4) is 11.5 Å². The number of nitrogens with two attached hydrogens (primary N) is 1. The third-order valence-corrected chi connectivity index (χ3v) is 7.98. The van der Waals surface area contributed by atoms with Crippen molar-refractivity contribution in [3.63, 3.8) is 0 Å². The lowest BCUT2D eigenvalue weighted by molar-refractivity contribution is -0.274. The third-order valence-electron chi connectivity index (χ3n) is 5.36. The second kappa shape index (κ2) is 10.9. The number of carbonyl (C=O) groups excluding carboxylic acids is 1. The molecule has 1 amide bonds. The summed E-state index contributed by atoms with van der Waals surface area (Å²) in [4.78, 5) is 14.2. The van der Waals surface area contributed by atoms with Crippen molar-refractivity contribution in [2.24, 2.45) is 5.73 Å². The second-order valence-electron chi connectivity index (χ2n) is 8.24. The number of amides is 1. The van der Waals surface area contributed by atoms with E-state index in [-0.39, 0.29) is 23.3 Å².